The van der Waals surface area contributed by atoms with Crippen LogP contribution in [0.25, 0.3) is 0 Å². The van der Waals surface area contributed by atoms with Gasteiger partial charge in [-0.1, -0.05) is 17.7 Å². The number of halogens is 1. The van der Waals surface area contributed by atoms with Crippen LogP contribution < -0.4 is 9.63 Å². The number of rotatable bonds is 2. The molecule has 1 aliphatic rings. The Hall–Kier alpha value is -2.27. The smallest absolute Gasteiger partial charge is 0.254 e. The van der Waals surface area contributed by atoms with Crippen molar-refractivity contribution in [1.82, 2.24) is 4.90 Å². The third kappa shape index (κ3) is 3.40. The fraction of sp³-hybridized carbons (Fsp3) is 0.294. The molecule has 0 bridgehead atoms. The highest BCUT2D eigenvalue weighted by molar-refractivity contribution is 6.30. The Kier molecular flexibility index (Phi) is 4.39. The second kappa shape index (κ2) is 6.46. The van der Waals surface area contributed by atoms with Gasteiger partial charge in [-0.3, -0.25) is 4.79 Å². The van der Waals surface area contributed by atoms with E-state index in [-0.39, 0.29) is 11.9 Å². The number of carbonyl (C=O) groups excluding carboxylic acids is 1. The van der Waals surface area contributed by atoms with Crippen molar-refractivity contribution in [3.8, 4) is 0 Å². The molecule has 0 unspecified atom stereocenters. The van der Waals surface area contributed by atoms with Gasteiger partial charge in [-0.25, -0.2) is 0 Å². The molecule has 0 aliphatic carbocycles. The Morgan fingerprint density at radius 3 is 2.65 bits per heavy atom. The maximum absolute atomic E-state index is 12.6. The lowest BCUT2D eigenvalue weighted by Crippen LogP contribution is -2.54. The topological polar surface area (TPSA) is 50.5 Å². The molecule has 1 aromatic carbocycles. The summed E-state index contributed by atoms with van der Waals surface area (Å²) in [5, 5.41) is 11.8. The summed E-state index contributed by atoms with van der Waals surface area (Å²) in [6.45, 7) is 4.18. The summed E-state index contributed by atoms with van der Waals surface area (Å²) in [4.78, 5) is 16.7. The highest BCUT2D eigenvalue weighted by atomic mass is 35.5. The first kappa shape index (κ1) is 15.6. The van der Waals surface area contributed by atoms with Crippen molar-refractivity contribution in [1.29, 1.82) is 0 Å². The van der Waals surface area contributed by atoms with Crippen LogP contribution in [0.5, 0.6) is 0 Å². The molecule has 6 heteroatoms. The van der Waals surface area contributed by atoms with Gasteiger partial charge in [0.25, 0.3) is 5.91 Å². The molecule has 0 saturated carbocycles. The van der Waals surface area contributed by atoms with E-state index >= 15 is 0 Å². The number of anilines is 1. The first-order chi connectivity index (χ1) is 11.0. The maximum atomic E-state index is 12.6. The van der Waals surface area contributed by atoms with E-state index in [0.29, 0.717) is 21.9 Å². The number of hydrogen-bond donors (Lipinski definition) is 0. The molecular weight excluding hydrogens is 314 g/mol. The standard InChI is InChI=1S/C17H18ClN3O2/c1-13-12-19(16-4-2-3-15(18)11-16)9-10-21(13)17(22)14-5-7-20(23)8-6-14/h2-8,11,13H,9-10,12H2,1H3/t13-/m0/s1. The van der Waals surface area contributed by atoms with Crippen molar-refractivity contribution in [3.63, 3.8) is 0 Å². The number of pyridine rings is 1. The number of amides is 1. The number of nitrogens with zero attached hydrogens (tertiary/aromatic N) is 3. The van der Waals surface area contributed by atoms with Crippen molar-refractivity contribution in [2.24, 2.45) is 0 Å². The molecule has 0 N–H and O–H groups in total. The second-order valence-corrected chi connectivity index (χ2v) is 6.16. The quantitative estimate of drug-likeness (QED) is 0.627. The van der Waals surface area contributed by atoms with Gasteiger partial charge in [-0.15, -0.1) is 0 Å². The van der Waals surface area contributed by atoms with Crippen molar-refractivity contribution >= 4 is 23.2 Å². The maximum Gasteiger partial charge on any atom is 0.254 e. The minimum Gasteiger partial charge on any atom is -0.619 e. The number of piperazine rings is 1. The van der Waals surface area contributed by atoms with E-state index in [1.807, 2.05) is 36.1 Å². The third-order valence-electron chi connectivity index (χ3n) is 4.11. The van der Waals surface area contributed by atoms with E-state index in [4.69, 9.17) is 11.6 Å². The summed E-state index contributed by atoms with van der Waals surface area (Å²) in [7, 11) is 0. The normalized spacial score (nSPS) is 18.1. The van der Waals surface area contributed by atoms with Crippen molar-refractivity contribution in [2.75, 3.05) is 24.5 Å². The molecule has 1 fully saturated rings. The van der Waals surface area contributed by atoms with Crippen LogP contribution in [0.2, 0.25) is 5.02 Å². The van der Waals surface area contributed by atoms with Gasteiger partial charge in [-0.05, 0) is 25.1 Å². The molecule has 1 amide bonds. The van der Waals surface area contributed by atoms with E-state index in [1.54, 1.807) is 12.1 Å². The van der Waals surface area contributed by atoms with Crippen LogP contribution in [-0.2, 0) is 0 Å². The molecule has 120 valence electrons. The molecule has 23 heavy (non-hydrogen) atoms. The van der Waals surface area contributed by atoms with Crippen LogP contribution in [0.15, 0.2) is 48.8 Å². The molecule has 1 aromatic heterocycles. The van der Waals surface area contributed by atoms with Crippen LogP contribution in [-0.4, -0.2) is 36.5 Å². The zero-order valence-corrected chi connectivity index (χ0v) is 13.6. The average molecular weight is 332 g/mol. The van der Waals surface area contributed by atoms with Crippen molar-refractivity contribution < 1.29 is 9.52 Å². The predicted octanol–water partition coefficient (Wildman–Crippen LogP) is 2.32. The molecule has 0 spiro atoms. The van der Waals surface area contributed by atoms with Gasteiger partial charge in [0.15, 0.2) is 12.4 Å². The molecular formula is C17H18ClN3O2. The van der Waals surface area contributed by atoms with Crippen LogP contribution in [0.3, 0.4) is 0 Å². The number of aromatic nitrogens is 1. The summed E-state index contributed by atoms with van der Waals surface area (Å²) in [5.74, 6) is -0.0381. The summed E-state index contributed by atoms with van der Waals surface area (Å²) < 4.78 is 0.678. The number of benzene rings is 1. The predicted molar refractivity (Wildman–Crippen MR) is 89.6 cm³/mol. The van der Waals surface area contributed by atoms with Gasteiger partial charge in [0, 0.05) is 48.5 Å². The molecule has 3 rings (SSSR count). The monoisotopic (exact) mass is 331 g/mol. The molecule has 5 nitrogen and oxygen atoms in total. The third-order valence-corrected chi connectivity index (χ3v) is 4.35. The first-order valence-electron chi connectivity index (χ1n) is 7.55. The lowest BCUT2D eigenvalue weighted by Gasteiger charge is -2.41. The molecule has 2 heterocycles. The fourth-order valence-electron chi connectivity index (χ4n) is 2.89. The van der Waals surface area contributed by atoms with Gasteiger partial charge in [0.05, 0.1) is 5.56 Å². The molecule has 1 aliphatic heterocycles. The van der Waals surface area contributed by atoms with Crippen molar-refractivity contribution in [2.45, 2.75) is 13.0 Å². The lowest BCUT2D eigenvalue weighted by molar-refractivity contribution is -0.605. The minimum atomic E-state index is -0.0381. The van der Waals surface area contributed by atoms with E-state index in [0.717, 1.165) is 18.8 Å². The van der Waals surface area contributed by atoms with Gasteiger partial charge >= 0.3 is 0 Å². The number of hydrogen-bond acceptors (Lipinski definition) is 3. The highest BCUT2D eigenvalue weighted by Gasteiger charge is 2.28. The Labute approximate surface area is 140 Å². The zero-order valence-electron chi connectivity index (χ0n) is 12.9. The van der Waals surface area contributed by atoms with Crippen LogP contribution >= 0.6 is 11.6 Å². The lowest BCUT2D eigenvalue weighted by atomic mass is 10.1. The first-order valence-corrected chi connectivity index (χ1v) is 7.93. The van der Waals surface area contributed by atoms with E-state index in [9.17, 15) is 10.0 Å². The highest BCUT2D eigenvalue weighted by Crippen LogP contribution is 2.23. The second-order valence-electron chi connectivity index (χ2n) is 5.72. The average Bonchev–Trinajstić information content (AvgIpc) is 2.55. The largest absolute Gasteiger partial charge is 0.619 e. The van der Waals surface area contributed by atoms with Crippen LogP contribution in [0.1, 0.15) is 17.3 Å². The summed E-state index contributed by atoms with van der Waals surface area (Å²) in [5.41, 5.74) is 1.61. The van der Waals surface area contributed by atoms with E-state index < -0.39 is 0 Å². The van der Waals surface area contributed by atoms with Crippen LogP contribution in [0.4, 0.5) is 5.69 Å². The van der Waals surface area contributed by atoms with Gasteiger partial charge in [-0.2, -0.15) is 4.73 Å². The summed E-state index contributed by atoms with van der Waals surface area (Å²) in [6, 6.07) is 11.0. The van der Waals surface area contributed by atoms with Crippen LogP contribution in [0, 0.1) is 5.21 Å². The summed E-state index contributed by atoms with van der Waals surface area (Å²) >= 11 is 6.05. The minimum absolute atomic E-state index is 0.0381. The molecule has 2 aromatic rings. The summed E-state index contributed by atoms with van der Waals surface area (Å²) in [6.07, 6.45) is 2.69. The Bertz CT molecular complexity index is 705. The van der Waals surface area contributed by atoms with Crippen molar-refractivity contribution in [3.05, 3.63) is 64.6 Å². The Morgan fingerprint density at radius 1 is 1.26 bits per heavy atom. The van der Waals surface area contributed by atoms with E-state index in [2.05, 4.69) is 4.90 Å². The molecule has 1 atom stereocenters. The fourth-order valence-corrected chi connectivity index (χ4v) is 3.07. The Balaban J connectivity index is 1.71. The zero-order chi connectivity index (χ0) is 16.4. The molecule has 0 radical (unpaired) electrons. The van der Waals surface area contributed by atoms with Gasteiger partial charge < -0.3 is 15.0 Å². The van der Waals surface area contributed by atoms with E-state index in [1.165, 1.54) is 12.4 Å². The number of carbonyl (C=O) groups is 1. The van der Waals surface area contributed by atoms with Gasteiger partial charge in [0.1, 0.15) is 0 Å². The van der Waals surface area contributed by atoms with Gasteiger partial charge in [0.2, 0.25) is 0 Å². The molecule has 1 saturated heterocycles. The SMILES string of the molecule is C[C@H]1CN(c2cccc(Cl)c2)CCN1C(=O)c1cc[n+]([O-])cc1. The Morgan fingerprint density at radius 2 is 2.00 bits per heavy atom.